The standard InChI is InChI=1S/C15H23NO2/c1-3-9-16-10-7-15(17,8-11-16)13-5-4-6-14(12-13)18-2/h4-6,12,17H,3,7-11H2,1-2H3. The van der Waals surface area contributed by atoms with Crippen molar-refractivity contribution in [1.29, 1.82) is 0 Å². The molecular weight excluding hydrogens is 226 g/mol. The lowest BCUT2D eigenvalue weighted by Crippen LogP contribution is -2.42. The summed E-state index contributed by atoms with van der Waals surface area (Å²) < 4.78 is 5.23. The summed E-state index contributed by atoms with van der Waals surface area (Å²) in [5.41, 5.74) is 0.302. The van der Waals surface area contributed by atoms with Crippen LogP contribution in [-0.2, 0) is 5.60 Å². The van der Waals surface area contributed by atoms with Crippen LogP contribution in [0.2, 0.25) is 0 Å². The van der Waals surface area contributed by atoms with Crippen molar-refractivity contribution in [1.82, 2.24) is 4.90 Å². The van der Waals surface area contributed by atoms with E-state index in [1.807, 2.05) is 24.3 Å². The number of hydrogen-bond acceptors (Lipinski definition) is 3. The highest BCUT2D eigenvalue weighted by molar-refractivity contribution is 5.32. The molecule has 3 heteroatoms. The van der Waals surface area contributed by atoms with Gasteiger partial charge in [0.2, 0.25) is 0 Å². The molecule has 1 saturated heterocycles. The third kappa shape index (κ3) is 2.85. The van der Waals surface area contributed by atoms with Crippen LogP contribution in [-0.4, -0.2) is 36.8 Å². The van der Waals surface area contributed by atoms with E-state index in [1.165, 1.54) is 6.42 Å². The SMILES string of the molecule is CCCN1CCC(O)(c2cccc(OC)c2)CC1. The number of nitrogens with zero attached hydrogens (tertiary/aromatic N) is 1. The van der Waals surface area contributed by atoms with Crippen LogP contribution in [0, 0.1) is 0 Å². The Kier molecular flexibility index (Phi) is 4.25. The van der Waals surface area contributed by atoms with Gasteiger partial charge >= 0.3 is 0 Å². The average molecular weight is 249 g/mol. The number of ether oxygens (including phenoxy) is 1. The van der Waals surface area contributed by atoms with E-state index >= 15 is 0 Å². The van der Waals surface area contributed by atoms with Gasteiger partial charge in [0.1, 0.15) is 5.75 Å². The summed E-state index contributed by atoms with van der Waals surface area (Å²) in [6.45, 7) is 5.28. The van der Waals surface area contributed by atoms with Gasteiger partial charge in [0.25, 0.3) is 0 Å². The number of rotatable bonds is 4. The lowest BCUT2D eigenvalue weighted by Gasteiger charge is -2.38. The average Bonchev–Trinajstić information content (AvgIpc) is 2.42. The molecule has 0 aromatic heterocycles. The summed E-state index contributed by atoms with van der Waals surface area (Å²) >= 11 is 0. The molecule has 0 bridgehead atoms. The fraction of sp³-hybridized carbons (Fsp3) is 0.600. The summed E-state index contributed by atoms with van der Waals surface area (Å²) in [5, 5.41) is 10.8. The number of likely N-dealkylation sites (tertiary alicyclic amines) is 1. The summed E-state index contributed by atoms with van der Waals surface area (Å²) in [6.07, 6.45) is 2.79. The summed E-state index contributed by atoms with van der Waals surface area (Å²) in [6, 6.07) is 7.82. The summed E-state index contributed by atoms with van der Waals surface area (Å²) in [4.78, 5) is 2.43. The predicted molar refractivity (Wildman–Crippen MR) is 72.9 cm³/mol. The molecule has 0 unspecified atom stereocenters. The molecule has 1 N–H and O–H groups in total. The van der Waals surface area contributed by atoms with Gasteiger partial charge < -0.3 is 14.7 Å². The molecule has 0 radical (unpaired) electrons. The van der Waals surface area contributed by atoms with Crippen molar-refractivity contribution < 1.29 is 9.84 Å². The van der Waals surface area contributed by atoms with Crippen molar-refractivity contribution >= 4 is 0 Å². The fourth-order valence-electron chi connectivity index (χ4n) is 2.66. The second-order valence-corrected chi connectivity index (χ2v) is 5.11. The molecule has 0 saturated carbocycles. The summed E-state index contributed by atoms with van der Waals surface area (Å²) in [5.74, 6) is 0.817. The Hall–Kier alpha value is -1.06. The highest BCUT2D eigenvalue weighted by atomic mass is 16.5. The first-order valence-electron chi connectivity index (χ1n) is 6.77. The van der Waals surface area contributed by atoms with Crippen molar-refractivity contribution in [3.05, 3.63) is 29.8 Å². The molecule has 2 rings (SSSR count). The second-order valence-electron chi connectivity index (χ2n) is 5.11. The molecule has 1 aliphatic heterocycles. The highest BCUT2D eigenvalue weighted by Crippen LogP contribution is 2.34. The van der Waals surface area contributed by atoms with Crippen LogP contribution in [0.25, 0.3) is 0 Å². The Morgan fingerprint density at radius 2 is 2.06 bits per heavy atom. The third-order valence-corrected chi connectivity index (χ3v) is 3.83. The molecule has 1 aliphatic rings. The Morgan fingerprint density at radius 1 is 1.33 bits per heavy atom. The maximum Gasteiger partial charge on any atom is 0.119 e. The number of methoxy groups -OCH3 is 1. The lowest BCUT2D eigenvalue weighted by atomic mass is 9.84. The van der Waals surface area contributed by atoms with Crippen LogP contribution in [0.4, 0.5) is 0 Å². The Balaban J connectivity index is 2.08. The third-order valence-electron chi connectivity index (χ3n) is 3.83. The fourth-order valence-corrected chi connectivity index (χ4v) is 2.66. The minimum Gasteiger partial charge on any atom is -0.497 e. The molecule has 1 aromatic carbocycles. The Labute approximate surface area is 109 Å². The van der Waals surface area contributed by atoms with Crippen LogP contribution in [0.1, 0.15) is 31.7 Å². The maximum atomic E-state index is 10.8. The predicted octanol–water partition coefficient (Wildman–Crippen LogP) is 2.39. The molecule has 0 aliphatic carbocycles. The molecule has 1 aromatic rings. The van der Waals surface area contributed by atoms with E-state index in [4.69, 9.17) is 4.74 Å². The van der Waals surface area contributed by atoms with Gasteiger partial charge in [0.05, 0.1) is 12.7 Å². The molecular formula is C15H23NO2. The minimum atomic E-state index is -0.682. The zero-order valence-electron chi connectivity index (χ0n) is 11.4. The molecule has 1 fully saturated rings. The second kappa shape index (κ2) is 5.72. The van der Waals surface area contributed by atoms with Crippen molar-refractivity contribution in [3.63, 3.8) is 0 Å². The van der Waals surface area contributed by atoms with Gasteiger partial charge in [-0.2, -0.15) is 0 Å². The van der Waals surface area contributed by atoms with Crippen molar-refractivity contribution in [2.24, 2.45) is 0 Å². The molecule has 18 heavy (non-hydrogen) atoms. The quantitative estimate of drug-likeness (QED) is 0.889. The maximum absolute atomic E-state index is 10.8. The van der Waals surface area contributed by atoms with Gasteiger partial charge in [0.15, 0.2) is 0 Å². The summed E-state index contributed by atoms with van der Waals surface area (Å²) in [7, 11) is 1.66. The van der Waals surface area contributed by atoms with Crippen molar-refractivity contribution in [2.75, 3.05) is 26.7 Å². The van der Waals surface area contributed by atoms with E-state index in [-0.39, 0.29) is 0 Å². The number of piperidine rings is 1. The largest absolute Gasteiger partial charge is 0.497 e. The van der Waals surface area contributed by atoms with Gasteiger partial charge in [-0.1, -0.05) is 19.1 Å². The van der Waals surface area contributed by atoms with Crippen LogP contribution >= 0.6 is 0 Å². The molecule has 0 spiro atoms. The van der Waals surface area contributed by atoms with E-state index in [9.17, 15) is 5.11 Å². The highest BCUT2D eigenvalue weighted by Gasteiger charge is 2.33. The smallest absolute Gasteiger partial charge is 0.119 e. The van der Waals surface area contributed by atoms with Crippen molar-refractivity contribution in [2.45, 2.75) is 31.8 Å². The normalized spacial score (nSPS) is 19.7. The minimum absolute atomic E-state index is 0.682. The molecule has 0 amide bonds. The van der Waals surface area contributed by atoms with Crippen LogP contribution in [0.15, 0.2) is 24.3 Å². The molecule has 0 atom stereocenters. The zero-order chi connectivity index (χ0) is 13.0. The Bertz CT molecular complexity index is 384. The monoisotopic (exact) mass is 249 g/mol. The first kappa shape index (κ1) is 13.4. The molecule has 3 nitrogen and oxygen atoms in total. The molecule has 100 valence electrons. The van der Waals surface area contributed by atoms with E-state index < -0.39 is 5.60 Å². The molecule has 1 heterocycles. The zero-order valence-corrected chi connectivity index (χ0v) is 11.4. The number of hydrogen-bond donors (Lipinski definition) is 1. The van der Waals surface area contributed by atoms with E-state index in [0.29, 0.717) is 0 Å². The number of aliphatic hydroxyl groups is 1. The lowest BCUT2D eigenvalue weighted by molar-refractivity contribution is -0.0259. The van der Waals surface area contributed by atoms with Crippen LogP contribution < -0.4 is 4.74 Å². The topological polar surface area (TPSA) is 32.7 Å². The van der Waals surface area contributed by atoms with E-state index in [1.54, 1.807) is 7.11 Å². The first-order chi connectivity index (χ1) is 8.68. The van der Waals surface area contributed by atoms with Crippen LogP contribution in [0.3, 0.4) is 0 Å². The van der Waals surface area contributed by atoms with Gasteiger partial charge in [0, 0.05) is 13.1 Å². The van der Waals surface area contributed by atoms with Gasteiger partial charge in [-0.15, -0.1) is 0 Å². The van der Waals surface area contributed by atoms with Gasteiger partial charge in [-0.3, -0.25) is 0 Å². The van der Waals surface area contributed by atoms with Gasteiger partial charge in [-0.05, 0) is 43.5 Å². The number of benzene rings is 1. The van der Waals surface area contributed by atoms with E-state index in [2.05, 4.69) is 11.8 Å². The van der Waals surface area contributed by atoms with Crippen molar-refractivity contribution in [3.8, 4) is 5.75 Å². The Morgan fingerprint density at radius 3 is 2.67 bits per heavy atom. The van der Waals surface area contributed by atoms with Crippen LogP contribution in [0.5, 0.6) is 5.75 Å². The van der Waals surface area contributed by atoms with Gasteiger partial charge in [-0.25, -0.2) is 0 Å². The first-order valence-corrected chi connectivity index (χ1v) is 6.77. The van der Waals surface area contributed by atoms with E-state index in [0.717, 1.165) is 43.8 Å².